The van der Waals surface area contributed by atoms with Crippen molar-refractivity contribution in [3.8, 4) is 0 Å². The lowest BCUT2D eigenvalue weighted by molar-refractivity contribution is 0.500. The molecule has 0 aliphatic rings. The molecule has 0 radical (unpaired) electrons. The molecule has 0 unspecified atom stereocenters. The second-order valence-electron chi connectivity index (χ2n) is 2.47. The van der Waals surface area contributed by atoms with Crippen LogP contribution in [0, 0.1) is 11.6 Å². The van der Waals surface area contributed by atoms with Crippen LogP contribution in [0.1, 0.15) is 5.56 Å². The number of halogens is 2. The molecular formula is C8H10F2N2. The van der Waals surface area contributed by atoms with Crippen LogP contribution in [0.2, 0.25) is 0 Å². The SMILES string of the molecule is NCCc1c(N)ccc(F)c1F. The van der Waals surface area contributed by atoms with Gasteiger partial charge in [0.15, 0.2) is 11.6 Å². The normalized spacial score (nSPS) is 10.2. The summed E-state index contributed by atoms with van der Waals surface area (Å²) in [6, 6.07) is 2.34. The summed E-state index contributed by atoms with van der Waals surface area (Å²) >= 11 is 0. The molecule has 0 heterocycles. The first-order valence-corrected chi connectivity index (χ1v) is 3.59. The standard InChI is InChI=1S/C8H10F2N2/c9-6-1-2-7(12)5(3-4-11)8(6)10/h1-2H,3-4,11-12H2. The summed E-state index contributed by atoms with van der Waals surface area (Å²) in [7, 11) is 0. The van der Waals surface area contributed by atoms with Crippen LogP contribution in [-0.2, 0) is 6.42 Å². The van der Waals surface area contributed by atoms with Crippen molar-refractivity contribution < 1.29 is 8.78 Å². The highest BCUT2D eigenvalue weighted by Gasteiger charge is 2.10. The first kappa shape index (κ1) is 8.93. The molecule has 0 amide bonds. The van der Waals surface area contributed by atoms with Gasteiger partial charge >= 0.3 is 0 Å². The monoisotopic (exact) mass is 172 g/mol. The number of benzene rings is 1. The van der Waals surface area contributed by atoms with Crippen molar-refractivity contribution in [2.45, 2.75) is 6.42 Å². The van der Waals surface area contributed by atoms with Gasteiger partial charge in [0, 0.05) is 11.3 Å². The molecule has 12 heavy (non-hydrogen) atoms. The van der Waals surface area contributed by atoms with Crippen LogP contribution < -0.4 is 11.5 Å². The van der Waals surface area contributed by atoms with Crippen LogP contribution in [0.25, 0.3) is 0 Å². The van der Waals surface area contributed by atoms with E-state index in [1.165, 1.54) is 6.07 Å². The molecule has 66 valence electrons. The van der Waals surface area contributed by atoms with Gasteiger partial charge in [0.2, 0.25) is 0 Å². The second kappa shape index (κ2) is 3.49. The molecule has 0 aliphatic carbocycles. The zero-order valence-corrected chi connectivity index (χ0v) is 6.48. The minimum atomic E-state index is -0.888. The van der Waals surface area contributed by atoms with Gasteiger partial charge in [-0.2, -0.15) is 0 Å². The van der Waals surface area contributed by atoms with E-state index in [0.29, 0.717) is 0 Å². The number of rotatable bonds is 2. The highest BCUT2D eigenvalue weighted by atomic mass is 19.2. The predicted molar refractivity (Wildman–Crippen MR) is 43.5 cm³/mol. The lowest BCUT2D eigenvalue weighted by Gasteiger charge is -2.05. The van der Waals surface area contributed by atoms with Gasteiger partial charge in [0.25, 0.3) is 0 Å². The summed E-state index contributed by atoms with van der Waals surface area (Å²) in [6.07, 6.45) is 0.259. The van der Waals surface area contributed by atoms with Crippen molar-refractivity contribution in [2.75, 3.05) is 12.3 Å². The third-order valence-electron chi connectivity index (χ3n) is 1.63. The molecule has 4 heteroatoms. The fourth-order valence-electron chi connectivity index (χ4n) is 1.01. The molecule has 0 spiro atoms. The molecule has 0 aliphatic heterocycles. The highest BCUT2D eigenvalue weighted by Crippen LogP contribution is 2.18. The van der Waals surface area contributed by atoms with Crippen LogP contribution in [0.5, 0.6) is 0 Å². The Morgan fingerprint density at radius 1 is 1.25 bits per heavy atom. The van der Waals surface area contributed by atoms with E-state index in [2.05, 4.69) is 0 Å². The van der Waals surface area contributed by atoms with Crippen molar-refractivity contribution in [2.24, 2.45) is 5.73 Å². The first-order valence-electron chi connectivity index (χ1n) is 3.59. The highest BCUT2D eigenvalue weighted by molar-refractivity contribution is 5.47. The quantitative estimate of drug-likeness (QED) is 0.655. The summed E-state index contributed by atoms with van der Waals surface area (Å²) in [6.45, 7) is 0.255. The Morgan fingerprint density at radius 3 is 2.50 bits per heavy atom. The van der Waals surface area contributed by atoms with Gasteiger partial charge in [0.05, 0.1) is 0 Å². The van der Waals surface area contributed by atoms with Crippen LogP contribution in [-0.4, -0.2) is 6.54 Å². The van der Waals surface area contributed by atoms with E-state index < -0.39 is 11.6 Å². The predicted octanol–water partition coefficient (Wildman–Crippen LogP) is 1.05. The third-order valence-corrected chi connectivity index (χ3v) is 1.63. The average Bonchev–Trinajstić information content (AvgIpc) is 2.06. The Balaban J connectivity index is 3.14. The van der Waals surface area contributed by atoms with Gasteiger partial charge in [-0.1, -0.05) is 0 Å². The van der Waals surface area contributed by atoms with E-state index in [9.17, 15) is 8.78 Å². The van der Waals surface area contributed by atoms with Crippen molar-refractivity contribution in [3.05, 3.63) is 29.3 Å². The third kappa shape index (κ3) is 1.53. The van der Waals surface area contributed by atoms with E-state index in [1.807, 2.05) is 0 Å². The number of nitrogen functional groups attached to an aromatic ring is 1. The molecule has 0 atom stereocenters. The molecule has 1 rings (SSSR count). The summed E-state index contributed by atoms with van der Waals surface area (Å²) in [5, 5.41) is 0. The van der Waals surface area contributed by atoms with Crippen molar-refractivity contribution in [1.29, 1.82) is 0 Å². The second-order valence-corrected chi connectivity index (χ2v) is 2.47. The molecule has 0 bridgehead atoms. The summed E-state index contributed by atoms with van der Waals surface area (Å²) in [5.74, 6) is -1.77. The Labute approximate surface area is 69.2 Å². The van der Waals surface area contributed by atoms with Gasteiger partial charge in [-0.05, 0) is 25.1 Å². The van der Waals surface area contributed by atoms with E-state index in [-0.39, 0.29) is 24.2 Å². The van der Waals surface area contributed by atoms with E-state index >= 15 is 0 Å². The maximum atomic E-state index is 12.9. The van der Waals surface area contributed by atoms with Crippen LogP contribution in [0.15, 0.2) is 12.1 Å². The first-order chi connectivity index (χ1) is 5.66. The fourth-order valence-corrected chi connectivity index (χ4v) is 1.01. The molecular weight excluding hydrogens is 162 g/mol. The fraction of sp³-hybridized carbons (Fsp3) is 0.250. The topological polar surface area (TPSA) is 52.0 Å². The van der Waals surface area contributed by atoms with Gasteiger partial charge in [-0.3, -0.25) is 0 Å². The zero-order chi connectivity index (χ0) is 9.14. The smallest absolute Gasteiger partial charge is 0.164 e. The maximum absolute atomic E-state index is 12.9. The molecule has 0 aromatic heterocycles. The molecule has 4 N–H and O–H groups in total. The molecule has 0 saturated heterocycles. The van der Waals surface area contributed by atoms with Crippen molar-refractivity contribution >= 4 is 5.69 Å². The van der Waals surface area contributed by atoms with Gasteiger partial charge < -0.3 is 11.5 Å². The molecule has 0 saturated carbocycles. The lowest BCUT2D eigenvalue weighted by Crippen LogP contribution is -2.08. The average molecular weight is 172 g/mol. The zero-order valence-electron chi connectivity index (χ0n) is 6.48. The maximum Gasteiger partial charge on any atom is 0.164 e. The van der Waals surface area contributed by atoms with E-state index in [1.54, 1.807) is 0 Å². The Bertz CT molecular complexity index is 287. The number of hydrogen-bond acceptors (Lipinski definition) is 2. The minimum absolute atomic E-state index is 0.164. The largest absolute Gasteiger partial charge is 0.398 e. The van der Waals surface area contributed by atoms with Crippen LogP contribution >= 0.6 is 0 Å². The minimum Gasteiger partial charge on any atom is -0.398 e. The summed E-state index contributed by atoms with van der Waals surface area (Å²) < 4.78 is 25.6. The number of anilines is 1. The van der Waals surface area contributed by atoms with Gasteiger partial charge in [0.1, 0.15) is 0 Å². The molecule has 0 fully saturated rings. The van der Waals surface area contributed by atoms with Crippen molar-refractivity contribution in [3.63, 3.8) is 0 Å². The van der Waals surface area contributed by atoms with Crippen LogP contribution in [0.4, 0.5) is 14.5 Å². The van der Waals surface area contributed by atoms with Crippen LogP contribution in [0.3, 0.4) is 0 Å². The Morgan fingerprint density at radius 2 is 1.92 bits per heavy atom. The molecule has 1 aromatic rings. The van der Waals surface area contributed by atoms with Gasteiger partial charge in [-0.15, -0.1) is 0 Å². The number of hydrogen-bond donors (Lipinski definition) is 2. The summed E-state index contributed by atoms with van der Waals surface area (Å²) in [4.78, 5) is 0. The Kier molecular flexibility index (Phi) is 2.60. The number of nitrogens with two attached hydrogens (primary N) is 2. The molecule has 1 aromatic carbocycles. The van der Waals surface area contributed by atoms with E-state index in [0.717, 1.165) is 6.07 Å². The van der Waals surface area contributed by atoms with Crippen molar-refractivity contribution in [1.82, 2.24) is 0 Å². The van der Waals surface area contributed by atoms with E-state index in [4.69, 9.17) is 11.5 Å². The summed E-state index contributed by atoms with van der Waals surface area (Å²) in [5.41, 5.74) is 11.0. The van der Waals surface area contributed by atoms with Gasteiger partial charge in [-0.25, -0.2) is 8.78 Å². The molecule has 2 nitrogen and oxygen atoms in total. The Hall–Kier alpha value is -1.16. The lowest BCUT2D eigenvalue weighted by atomic mass is 10.1.